The summed E-state index contributed by atoms with van der Waals surface area (Å²) >= 11 is 6.08. The van der Waals surface area contributed by atoms with E-state index >= 15 is 0 Å². The van der Waals surface area contributed by atoms with Gasteiger partial charge in [-0.2, -0.15) is 0 Å². The molecule has 154 valence electrons. The Morgan fingerprint density at radius 1 is 1.06 bits per heavy atom. The van der Waals surface area contributed by atoms with Gasteiger partial charge in [0.2, 0.25) is 0 Å². The number of pyridine rings is 1. The molecular weight excluding hydrogens is 422 g/mol. The minimum absolute atomic E-state index is 0.178. The number of fused-ring (bicyclic) bond motifs is 2. The molecule has 0 spiro atoms. The molecule has 0 unspecified atom stereocenters. The van der Waals surface area contributed by atoms with Crippen LogP contribution < -0.4 is 5.73 Å². The molecule has 31 heavy (non-hydrogen) atoms. The van der Waals surface area contributed by atoms with E-state index in [9.17, 15) is 8.78 Å². The number of H-pyrrole nitrogens is 1. The molecule has 0 fully saturated rings. The van der Waals surface area contributed by atoms with Gasteiger partial charge in [0.05, 0.1) is 12.0 Å². The highest BCUT2D eigenvalue weighted by Gasteiger charge is 2.22. The number of nitrogens with zero attached hydrogens (tertiary/aromatic N) is 4. The maximum absolute atomic E-state index is 14.5. The van der Waals surface area contributed by atoms with E-state index in [0.717, 1.165) is 0 Å². The highest BCUT2D eigenvalue weighted by Crippen LogP contribution is 2.35. The topological polar surface area (TPSA) is 93.4 Å². The number of aromatic nitrogens is 5. The number of hydrogen-bond donors (Lipinski definition) is 2. The Morgan fingerprint density at radius 2 is 1.90 bits per heavy atom. The average Bonchev–Trinajstić information content (AvgIpc) is 3.21. The first-order chi connectivity index (χ1) is 14.9. The molecule has 0 saturated heterocycles. The standard InChI is InChI=1S/C22H15ClF2N6/c1-10(21-30-20(26)19-22(31-21)28-9-27-19)15-7-11-3-2-4-16(25)18(11)29-17(15)12-5-13(23)8-14(24)6-12/h2-10H,1H3,(H3,26,27,28,30,31)/t10-/m0/s1. The summed E-state index contributed by atoms with van der Waals surface area (Å²) in [5, 5.41) is 0.810. The number of nitrogens with two attached hydrogens (primary N) is 1. The molecule has 2 aromatic carbocycles. The molecule has 6 nitrogen and oxygen atoms in total. The quantitative estimate of drug-likeness (QED) is 0.403. The van der Waals surface area contributed by atoms with Crippen LogP contribution in [0.25, 0.3) is 33.3 Å². The first kappa shape index (κ1) is 19.3. The first-order valence-corrected chi connectivity index (χ1v) is 9.80. The predicted molar refractivity (Wildman–Crippen MR) is 116 cm³/mol. The van der Waals surface area contributed by atoms with Crippen LogP contribution in [0.4, 0.5) is 14.6 Å². The molecule has 0 bridgehead atoms. The summed E-state index contributed by atoms with van der Waals surface area (Å²) < 4.78 is 28.6. The molecule has 1 atom stereocenters. The second kappa shape index (κ2) is 7.24. The lowest BCUT2D eigenvalue weighted by molar-refractivity contribution is 0.628. The van der Waals surface area contributed by atoms with Crippen LogP contribution in [-0.2, 0) is 0 Å². The summed E-state index contributed by atoms with van der Waals surface area (Å²) in [6.07, 6.45) is 1.49. The number of rotatable bonds is 3. The van der Waals surface area contributed by atoms with Crippen molar-refractivity contribution in [3.05, 3.63) is 76.8 Å². The van der Waals surface area contributed by atoms with Crippen molar-refractivity contribution in [3.8, 4) is 11.3 Å². The second-order valence-corrected chi connectivity index (χ2v) is 7.62. The van der Waals surface area contributed by atoms with Gasteiger partial charge < -0.3 is 10.7 Å². The van der Waals surface area contributed by atoms with Crippen LogP contribution >= 0.6 is 11.6 Å². The van der Waals surface area contributed by atoms with Gasteiger partial charge in [-0.15, -0.1) is 0 Å². The molecule has 0 aliphatic heterocycles. The van der Waals surface area contributed by atoms with Crippen LogP contribution in [0, 0.1) is 11.6 Å². The molecule has 5 aromatic rings. The zero-order chi connectivity index (χ0) is 21.7. The van der Waals surface area contributed by atoms with Crippen LogP contribution in [0.15, 0.2) is 48.8 Å². The smallest absolute Gasteiger partial charge is 0.183 e. The zero-order valence-electron chi connectivity index (χ0n) is 16.2. The maximum Gasteiger partial charge on any atom is 0.183 e. The van der Waals surface area contributed by atoms with E-state index in [2.05, 4.69) is 24.9 Å². The molecule has 3 aromatic heterocycles. The monoisotopic (exact) mass is 436 g/mol. The Balaban J connectivity index is 1.77. The molecule has 9 heteroatoms. The minimum atomic E-state index is -0.519. The number of hydrogen-bond acceptors (Lipinski definition) is 5. The van der Waals surface area contributed by atoms with Crippen LogP contribution in [0.2, 0.25) is 5.02 Å². The number of halogens is 3. The van der Waals surface area contributed by atoms with E-state index in [-0.39, 0.29) is 16.4 Å². The third-order valence-corrected chi connectivity index (χ3v) is 5.36. The summed E-state index contributed by atoms with van der Waals surface area (Å²) in [5.74, 6) is -0.715. The number of anilines is 1. The van der Waals surface area contributed by atoms with Gasteiger partial charge in [0, 0.05) is 21.9 Å². The first-order valence-electron chi connectivity index (χ1n) is 9.43. The highest BCUT2D eigenvalue weighted by molar-refractivity contribution is 6.30. The van der Waals surface area contributed by atoms with Gasteiger partial charge in [-0.25, -0.2) is 28.7 Å². The molecule has 0 aliphatic rings. The van der Waals surface area contributed by atoms with Crippen molar-refractivity contribution in [1.82, 2.24) is 24.9 Å². The number of aromatic amines is 1. The Hall–Kier alpha value is -3.65. The van der Waals surface area contributed by atoms with Crippen LogP contribution in [0.5, 0.6) is 0 Å². The van der Waals surface area contributed by atoms with E-state index in [1.165, 1.54) is 24.5 Å². The van der Waals surface area contributed by atoms with E-state index in [4.69, 9.17) is 17.3 Å². The van der Waals surface area contributed by atoms with Crippen molar-refractivity contribution in [2.75, 3.05) is 5.73 Å². The van der Waals surface area contributed by atoms with Gasteiger partial charge in [-0.3, -0.25) is 0 Å². The number of benzene rings is 2. The molecule has 3 N–H and O–H groups in total. The van der Waals surface area contributed by atoms with Crippen molar-refractivity contribution in [3.63, 3.8) is 0 Å². The fraction of sp³-hybridized carbons (Fsp3) is 0.0909. The third-order valence-electron chi connectivity index (χ3n) is 5.15. The molecule has 3 heterocycles. The van der Waals surface area contributed by atoms with Gasteiger partial charge in [-0.1, -0.05) is 30.7 Å². The van der Waals surface area contributed by atoms with Gasteiger partial charge >= 0.3 is 0 Å². The summed E-state index contributed by atoms with van der Waals surface area (Å²) in [6.45, 7) is 1.87. The Morgan fingerprint density at radius 3 is 2.71 bits per heavy atom. The van der Waals surface area contributed by atoms with E-state index in [1.807, 2.05) is 6.92 Å². The Labute approximate surface area is 180 Å². The van der Waals surface area contributed by atoms with Crippen LogP contribution in [-0.4, -0.2) is 24.9 Å². The summed E-state index contributed by atoms with van der Waals surface area (Å²) in [7, 11) is 0. The zero-order valence-corrected chi connectivity index (χ0v) is 17.0. The minimum Gasteiger partial charge on any atom is -0.382 e. The second-order valence-electron chi connectivity index (χ2n) is 7.19. The van der Waals surface area contributed by atoms with Crippen molar-refractivity contribution < 1.29 is 8.78 Å². The lowest BCUT2D eigenvalue weighted by Crippen LogP contribution is -2.08. The van der Waals surface area contributed by atoms with E-state index in [1.54, 1.807) is 24.3 Å². The highest BCUT2D eigenvalue weighted by atomic mass is 35.5. The van der Waals surface area contributed by atoms with Gasteiger partial charge in [0.1, 0.15) is 28.5 Å². The maximum atomic E-state index is 14.5. The fourth-order valence-corrected chi connectivity index (χ4v) is 3.86. The number of nitrogen functional groups attached to an aromatic ring is 1. The lowest BCUT2D eigenvalue weighted by Gasteiger charge is -2.17. The van der Waals surface area contributed by atoms with E-state index < -0.39 is 17.6 Å². The van der Waals surface area contributed by atoms with Crippen LogP contribution in [0.1, 0.15) is 24.2 Å². The normalized spacial score (nSPS) is 12.5. The average molecular weight is 437 g/mol. The summed E-state index contributed by atoms with van der Waals surface area (Å²) in [4.78, 5) is 20.5. The van der Waals surface area contributed by atoms with Crippen molar-refractivity contribution in [2.24, 2.45) is 0 Å². The van der Waals surface area contributed by atoms with Crippen molar-refractivity contribution >= 4 is 39.5 Å². The molecule has 0 amide bonds. The molecule has 0 radical (unpaired) electrons. The molecular formula is C22H15ClF2N6. The summed E-state index contributed by atoms with van der Waals surface area (Å²) in [5.41, 5.74) is 8.70. The largest absolute Gasteiger partial charge is 0.382 e. The number of imidazole rings is 1. The SMILES string of the molecule is C[C@H](c1nc(N)c2[nH]cnc2n1)c1cc2cccc(F)c2nc1-c1cc(F)cc(Cl)c1. The Bertz CT molecular complexity index is 1450. The van der Waals surface area contributed by atoms with Crippen molar-refractivity contribution in [2.45, 2.75) is 12.8 Å². The number of para-hydroxylation sites is 1. The summed E-state index contributed by atoms with van der Waals surface area (Å²) in [6, 6.07) is 10.6. The molecule has 0 aliphatic carbocycles. The Kier molecular flexibility index (Phi) is 4.51. The van der Waals surface area contributed by atoms with Crippen LogP contribution in [0.3, 0.4) is 0 Å². The predicted octanol–water partition coefficient (Wildman–Crippen LogP) is 5.23. The molecule has 5 rings (SSSR count). The number of nitrogens with one attached hydrogen (secondary N) is 1. The van der Waals surface area contributed by atoms with Gasteiger partial charge in [0.25, 0.3) is 0 Å². The van der Waals surface area contributed by atoms with Gasteiger partial charge in [-0.05, 0) is 35.9 Å². The lowest BCUT2D eigenvalue weighted by atomic mass is 9.93. The molecule has 0 saturated carbocycles. The van der Waals surface area contributed by atoms with Crippen molar-refractivity contribution in [1.29, 1.82) is 0 Å². The van der Waals surface area contributed by atoms with Gasteiger partial charge in [0.15, 0.2) is 11.5 Å². The fourth-order valence-electron chi connectivity index (χ4n) is 3.64. The third kappa shape index (κ3) is 3.34. The van der Waals surface area contributed by atoms with E-state index in [0.29, 0.717) is 39.2 Å².